The molecule has 1 unspecified atom stereocenters. The number of nitro benzene ring substituents is 1. The van der Waals surface area contributed by atoms with Gasteiger partial charge >= 0.3 is 0 Å². The van der Waals surface area contributed by atoms with Crippen molar-refractivity contribution < 1.29 is 9.66 Å². The molecule has 118 valence electrons. The molecule has 0 radical (unpaired) electrons. The summed E-state index contributed by atoms with van der Waals surface area (Å²) in [6.45, 7) is 4.54. The Labute approximate surface area is 134 Å². The van der Waals surface area contributed by atoms with E-state index in [4.69, 9.17) is 4.74 Å². The lowest BCUT2D eigenvalue weighted by Gasteiger charge is -2.17. The number of anilines is 1. The first-order chi connectivity index (χ1) is 10.5. The molecule has 0 aliphatic carbocycles. The number of nitrogens with one attached hydrogen (secondary N) is 1. The van der Waals surface area contributed by atoms with Crippen LogP contribution in [0.3, 0.4) is 0 Å². The van der Waals surface area contributed by atoms with Crippen LogP contribution in [0.4, 0.5) is 11.4 Å². The Hall–Kier alpha value is -1.92. The summed E-state index contributed by atoms with van der Waals surface area (Å²) in [5.74, 6) is 0. The number of rotatable bonds is 7. The highest BCUT2D eigenvalue weighted by molar-refractivity contribution is 7.11. The van der Waals surface area contributed by atoms with E-state index in [1.54, 1.807) is 30.6 Å². The molecular formula is C16H20N2O3S. The Bertz CT molecular complexity index is 655. The molecule has 0 amide bonds. The van der Waals surface area contributed by atoms with Gasteiger partial charge in [-0.25, -0.2) is 0 Å². The van der Waals surface area contributed by atoms with Gasteiger partial charge in [-0.2, -0.15) is 0 Å². The molecule has 6 heteroatoms. The molecule has 1 aromatic carbocycles. The maximum absolute atomic E-state index is 10.9. The van der Waals surface area contributed by atoms with Crippen molar-refractivity contribution in [1.82, 2.24) is 0 Å². The van der Waals surface area contributed by atoms with Gasteiger partial charge in [0.25, 0.3) is 5.69 Å². The molecule has 2 aromatic rings. The van der Waals surface area contributed by atoms with Crippen LogP contribution in [0.1, 0.15) is 22.2 Å². The minimum Gasteiger partial charge on any atom is -0.382 e. The van der Waals surface area contributed by atoms with Crippen LogP contribution in [0.2, 0.25) is 0 Å². The quantitative estimate of drug-likeness (QED) is 0.615. The molecule has 1 aromatic heterocycles. The average Bonchev–Trinajstić information content (AvgIpc) is 2.86. The van der Waals surface area contributed by atoms with Gasteiger partial charge in [0.2, 0.25) is 0 Å². The molecule has 0 bridgehead atoms. The summed E-state index contributed by atoms with van der Waals surface area (Å²) in [5.41, 5.74) is 1.76. The molecule has 0 saturated carbocycles. The van der Waals surface area contributed by atoms with Crippen LogP contribution < -0.4 is 5.32 Å². The topological polar surface area (TPSA) is 64.4 Å². The third kappa shape index (κ3) is 4.29. The van der Waals surface area contributed by atoms with Gasteiger partial charge in [0.1, 0.15) is 0 Å². The molecule has 0 aliphatic rings. The number of hydrogen-bond donors (Lipinski definition) is 1. The predicted octanol–water partition coefficient (Wildman–Crippen LogP) is 4.15. The minimum atomic E-state index is -0.388. The van der Waals surface area contributed by atoms with Crippen LogP contribution in [0, 0.1) is 17.0 Å². The van der Waals surface area contributed by atoms with Gasteiger partial charge in [-0.1, -0.05) is 0 Å². The van der Waals surface area contributed by atoms with E-state index in [2.05, 4.69) is 31.3 Å². The van der Waals surface area contributed by atoms with E-state index >= 15 is 0 Å². The summed E-state index contributed by atoms with van der Waals surface area (Å²) in [4.78, 5) is 13.1. The molecule has 0 spiro atoms. The first-order valence-electron chi connectivity index (χ1n) is 7.07. The van der Waals surface area contributed by atoms with Crippen LogP contribution in [0.15, 0.2) is 30.3 Å². The number of aryl methyl sites for hydroxylation is 1. The zero-order valence-corrected chi connectivity index (χ0v) is 13.8. The van der Waals surface area contributed by atoms with Crippen LogP contribution >= 0.6 is 11.3 Å². The zero-order chi connectivity index (χ0) is 16.1. The molecule has 2 rings (SSSR count). The van der Waals surface area contributed by atoms with Crippen molar-refractivity contribution in [2.45, 2.75) is 32.9 Å². The van der Waals surface area contributed by atoms with E-state index in [1.165, 1.54) is 15.8 Å². The fourth-order valence-corrected chi connectivity index (χ4v) is 3.34. The molecule has 1 N–H and O–H groups in total. The van der Waals surface area contributed by atoms with E-state index in [9.17, 15) is 10.1 Å². The minimum absolute atomic E-state index is 0.0825. The van der Waals surface area contributed by atoms with Gasteiger partial charge in [-0.15, -0.1) is 11.3 Å². The van der Waals surface area contributed by atoms with Crippen molar-refractivity contribution in [3.63, 3.8) is 0 Å². The van der Waals surface area contributed by atoms with Gasteiger partial charge in [0, 0.05) is 52.7 Å². The van der Waals surface area contributed by atoms with Crippen LogP contribution in [-0.4, -0.2) is 18.1 Å². The SMILES string of the molecule is COCc1cc([N+](=O)[O-])ccc1NC(C)Cc1ccc(C)s1. The van der Waals surface area contributed by atoms with Gasteiger partial charge in [0.05, 0.1) is 11.5 Å². The monoisotopic (exact) mass is 320 g/mol. The standard InChI is InChI=1S/C16H20N2O3S/c1-11(8-15-6-4-12(2)22-15)17-16-7-5-14(18(19)20)9-13(16)10-21-3/h4-7,9,11,17H,8,10H2,1-3H3. The van der Waals surface area contributed by atoms with Gasteiger partial charge in [-0.3, -0.25) is 10.1 Å². The summed E-state index contributed by atoms with van der Waals surface area (Å²) in [6.07, 6.45) is 0.919. The molecule has 5 nitrogen and oxygen atoms in total. The molecular weight excluding hydrogens is 300 g/mol. The number of methoxy groups -OCH3 is 1. The molecule has 0 aliphatic heterocycles. The Balaban J connectivity index is 2.11. The first-order valence-corrected chi connectivity index (χ1v) is 7.89. The third-order valence-electron chi connectivity index (χ3n) is 3.30. The number of nitrogens with zero attached hydrogens (tertiary/aromatic N) is 1. The number of hydrogen-bond acceptors (Lipinski definition) is 5. The highest BCUT2D eigenvalue weighted by Gasteiger charge is 2.13. The molecule has 1 atom stereocenters. The Morgan fingerprint density at radius 2 is 2.14 bits per heavy atom. The van der Waals surface area contributed by atoms with Crippen molar-refractivity contribution in [2.24, 2.45) is 0 Å². The normalized spacial score (nSPS) is 12.1. The summed E-state index contributed by atoms with van der Waals surface area (Å²) in [5, 5.41) is 14.3. The van der Waals surface area contributed by atoms with Gasteiger partial charge in [0.15, 0.2) is 0 Å². The lowest BCUT2D eigenvalue weighted by Crippen LogP contribution is -2.18. The lowest BCUT2D eigenvalue weighted by molar-refractivity contribution is -0.384. The Kier molecular flexibility index (Phi) is 5.51. The number of benzene rings is 1. The van der Waals surface area contributed by atoms with E-state index in [0.29, 0.717) is 6.61 Å². The number of non-ortho nitro benzene ring substituents is 1. The maximum Gasteiger partial charge on any atom is 0.269 e. The fraction of sp³-hybridized carbons (Fsp3) is 0.375. The number of thiophene rings is 1. The first kappa shape index (κ1) is 16.5. The molecule has 1 heterocycles. The van der Waals surface area contributed by atoms with E-state index < -0.39 is 0 Å². The van der Waals surface area contributed by atoms with Crippen LogP contribution in [0.25, 0.3) is 0 Å². The fourth-order valence-electron chi connectivity index (χ4n) is 2.32. The van der Waals surface area contributed by atoms with Gasteiger partial charge in [-0.05, 0) is 32.0 Å². The van der Waals surface area contributed by atoms with E-state index in [-0.39, 0.29) is 16.7 Å². The maximum atomic E-state index is 10.9. The summed E-state index contributed by atoms with van der Waals surface area (Å²) in [7, 11) is 1.58. The molecule has 0 fully saturated rings. The van der Waals surface area contributed by atoms with Crippen molar-refractivity contribution in [3.8, 4) is 0 Å². The molecule has 0 saturated heterocycles. The average molecular weight is 320 g/mol. The predicted molar refractivity (Wildman–Crippen MR) is 89.7 cm³/mol. The van der Waals surface area contributed by atoms with Crippen LogP contribution in [-0.2, 0) is 17.8 Å². The lowest BCUT2D eigenvalue weighted by atomic mass is 10.1. The van der Waals surface area contributed by atoms with Crippen molar-refractivity contribution >= 4 is 22.7 Å². The van der Waals surface area contributed by atoms with E-state index in [0.717, 1.165) is 17.7 Å². The largest absolute Gasteiger partial charge is 0.382 e. The highest BCUT2D eigenvalue weighted by Crippen LogP contribution is 2.25. The highest BCUT2D eigenvalue weighted by atomic mass is 32.1. The second kappa shape index (κ2) is 7.38. The van der Waals surface area contributed by atoms with Crippen LogP contribution in [0.5, 0.6) is 0 Å². The summed E-state index contributed by atoms with van der Waals surface area (Å²) >= 11 is 1.79. The Morgan fingerprint density at radius 1 is 1.36 bits per heavy atom. The van der Waals surface area contributed by atoms with Crippen molar-refractivity contribution in [2.75, 3.05) is 12.4 Å². The number of nitro groups is 1. The van der Waals surface area contributed by atoms with Gasteiger partial charge < -0.3 is 10.1 Å². The third-order valence-corrected chi connectivity index (χ3v) is 4.33. The summed E-state index contributed by atoms with van der Waals surface area (Å²) < 4.78 is 5.15. The second-order valence-electron chi connectivity index (χ2n) is 5.29. The van der Waals surface area contributed by atoms with Crippen molar-refractivity contribution in [3.05, 3.63) is 55.8 Å². The zero-order valence-electron chi connectivity index (χ0n) is 13.0. The second-order valence-corrected chi connectivity index (χ2v) is 6.67. The van der Waals surface area contributed by atoms with Crippen molar-refractivity contribution in [1.29, 1.82) is 0 Å². The summed E-state index contributed by atoms with van der Waals surface area (Å²) in [6, 6.07) is 9.33. The number of ether oxygens (including phenoxy) is 1. The Morgan fingerprint density at radius 3 is 2.73 bits per heavy atom. The molecule has 22 heavy (non-hydrogen) atoms. The smallest absolute Gasteiger partial charge is 0.269 e. The van der Waals surface area contributed by atoms with E-state index in [1.807, 2.05) is 0 Å².